The lowest BCUT2D eigenvalue weighted by Crippen LogP contribution is -2.05. The first-order valence-electron chi connectivity index (χ1n) is 4.74. The van der Waals surface area contributed by atoms with Crippen LogP contribution in [0.4, 0.5) is 13.2 Å². The largest absolute Gasteiger partial charge is 0.416 e. The predicted molar refractivity (Wildman–Crippen MR) is 57.7 cm³/mol. The van der Waals surface area contributed by atoms with Crippen molar-refractivity contribution in [1.29, 1.82) is 0 Å². The van der Waals surface area contributed by atoms with Gasteiger partial charge in [0.25, 0.3) is 0 Å². The molecule has 0 N–H and O–H groups in total. The number of rotatable bonds is 1. The lowest BCUT2D eigenvalue weighted by molar-refractivity contribution is -0.137. The SMILES string of the molecule is C=C1C=CC=C1c1cccc(C(F)(F)F)c1. The van der Waals surface area contributed by atoms with Crippen LogP contribution in [-0.2, 0) is 6.18 Å². The van der Waals surface area contributed by atoms with E-state index in [0.29, 0.717) is 5.56 Å². The van der Waals surface area contributed by atoms with Crippen molar-refractivity contribution in [1.82, 2.24) is 0 Å². The Balaban J connectivity index is 2.41. The van der Waals surface area contributed by atoms with Gasteiger partial charge in [-0.05, 0) is 28.8 Å². The van der Waals surface area contributed by atoms with Crippen molar-refractivity contribution in [2.24, 2.45) is 0 Å². The molecule has 0 aromatic heterocycles. The number of allylic oxidation sites excluding steroid dienone is 5. The molecule has 0 saturated heterocycles. The van der Waals surface area contributed by atoms with E-state index in [1.807, 2.05) is 0 Å². The number of alkyl halides is 3. The summed E-state index contributed by atoms with van der Waals surface area (Å²) in [6, 6.07) is 5.27. The second-order valence-electron chi connectivity index (χ2n) is 3.54. The van der Waals surface area contributed by atoms with E-state index in [1.165, 1.54) is 6.07 Å². The van der Waals surface area contributed by atoms with E-state index >= 15 is 0 Å². The molecule has 1 aliphatic carbocycles. The minimum Gasteiger partial charge on any atom is -0.166 e. The van der Waals surface area contributed by atoms with Crippen molar-refractivity contribution >= 4 is 5.57 Å². The average Bonchev–Trinajstić information content (AvgIpc) is 2.63. The molecule has 1 aromatic carbocycles. The molecule has 0 bridgehead atoms. The Bertz CT molecular complexity index is 490. The van der Waals surface area contributed by atoms with Crippen LogP contribution in [-0.4, -0.2) is 0 Å². The average molecular weight is 222 g/mol. The van der Waals surface area contributed by atoms with Crippen LogP contribution in [0.3, 0.4) is 0 Å². The first-order chi connectivity index (χ1) is 7.48. The first-order valence-corrected chi connectivity index (χ1v) is 4.74. The summed E-state index contributed by atoms with van der Waals surface area (Å²) in [5.74, 6) is 0. The zero-order valence-corrected chi connectivity index (χ0v) is 8.38. The highest BCUT2D eigenvalue weighted by Gasteiger charge is 2.30. The highest BCUT2D eigenvalue weighted by atomic mass is 19.4. The third kappa shape index (κ3) is 1.94. The third-order valence-electron chi connectivity index (χ3n) is 2.41. The Morgan fingerprint density at radius 3 is 2.44 bits per heavy atom. The molecule has 2 rings (SSSR count). The van der Waals surface area contributed by atoms with E-state index in [9.17, 15) is 13.2 Å². The first kappa shape index (κ1) is 10.7. The molecule has 0 radical (unpaired) electrons. The molecule has 0 heterocycles. The second-order valence-corrected chi connectivity index (χ2v) is 3.54. The van der Waals surface area contributed by atoms with Gasteiger partial charge in [-0.25, -0.2) is 0 Å². The highest BCUT2D eigenvalue weighted by molar-refractivity contribution is 5.85. The zero-order chi connectivity index (χ0) is 11.8. The smallest absolute Gasteiger partial charge is 0.166 e. The van der Waals surface area contributed by atoms with Gasteiger partial charge in [0.15, 0.2) is 0 Å². The second kappa shape index (κ2) is 3.67. The van der Waals surface area contributed by atoms with E-state index in [0.717, 1.165) is 23.3 Å². The number of hydrogen-bond acceptors (Lipinski definition) is 0. The Kier molecular flexibility index (Phi) is 2.46. The Morgan fingerprint density at radius 1 is 1.12 bits per heavy atom. The topological polar surface area (TPSA) is 0 Å². The Morgan fingerprint density at radius 2 is 1.88 bits per heavy atom. The van der Waals surface area contributed by atoms with Crippen molar-refractivity contribution in [2.45, 2.75) is 6.18 Å². The third-order valence-corrected chi connectivity index (χ3v) is 2.41. The van der Waals surface area contributed by atoms with Crippen molar-refractivity contribution in [3.05, 3.63) is 65.8 Å². The van der Waals surface area contributed by atoms with E-state index < -0.39 is 11.7 Å². The van der Waals surface area contributed by atoms with Crippen molar-refractivity contribution < 1.29 is 13.2 Å². The van der Waals surface area contributed by atoms with Gasteiger partial charge >= 0.3 is 6.18 Å². The highest BCUT2D eigenvalue weighted by Crippen LogP contribution is 2.33. The summed E-state index contributed by atoms with van der Waals surface area (Å²) >= 11 is 0. The Labute approximate surface area is 91.4 Å². The van der Waals surface area contributed by atoms with Gasteiger partial charge in [0.05, 0.1) is 5.56 Å². The summed E-state index contributed by atoms with van der Waals surface area (Å²) in [5.41, 5.74) is 1.39. The molecule has 0 fully saturated rings. The molecule has 16 heavy (non-hydrogen) atoms. The monoisotopic (exact) mass is 222 g/mol. The van der Waals surface area contributed by atoms with Gasteiger partial charge in [0, 0.05) is 0 Å². The fourth-order valence-electron chi connectivity index (χ4n) is 1.60. The normalized spacial score (nSPS) is 15.4. The molecule has 0 aliphatic heterocycles. The van der Waals surface area contributed by atoms with Gasteiger partial charge in [0.2, 0.25) is 0 Å². The van der Waals surface area contributed by atoms with Gasteiger partial charge < -0.3 is 0 Å². The zero-order valence-electron chi connectivity index (χ0n) is 8.38. The van der Waals surface area contributed by atoms with E-state index in [1.54, 1.807) is 24.3 Å². The van der Waals surface area contributed by atoms with Crippen LogP contribution in [0.25, 0.3) is 5.57 Å². The fraction of sp³-hybridized carbons (Fsp3) is 0.0769. The summed E-state index contributed by atoms with van der Waals surface area (Å²) in [6.45, 7) is 3.77. The summed E-state index contributed by atoms with van der Waals surface area (Å²) in [6.07, 6.45) is 1.01. The molecule has 1 aliphatic rings. The lowest BCUT2D eigenvalue weighted by atomic mass is 10.00. The predicted octanol–water partition coefficient (Wildman–Crippen LogP) is 4.21. The van der Waals surface area contributed by atoms with Gasteiger partial charge in [-0.3, -0.25) is 0 Å². The van der Waals surface area contributed by atoms with Gasteiger partial charge in [-0.15, -0.1) is 0 Å². The number of halogens is 3. The summed E-state index contributed by atoms with van der Waals surface area (Å²) in [5, 5.41) is 0. The minimum absolute atomic E-state index is 0.546. The summed E-state index contributed by atoms with van der Waals surface area (Å²) < 4.78 is 37.5. The Hall–Kier alpha value is -1.77. The van der Waals surface area contributed by atoms with Crippen LogP contribution in [0.1, 0.15) is 11.1 Å². The van der Waals surface area contributed by atoms with E-state index in [4.69, 9.17) is 0 Å². The lowest BCUT2D eigenvalue weighted by Gasteiger charge is -2.09. The van der Waals surface area contributed by atoms with Gasteiger partial charge in [-0.1, -0.05) is 36.9 Å². The van der Waals surface area contributed by atoms with Gasteiger partial charge in [-0.2, -0.15) is 13.2 Å². The van der Waals surface area contributed by atoms with E-state index in [2.05, 4.69) is 6.58 Å². The van der Waals surface area contributed by atoms with Gasteiger partial charge in [0.1, 0.15) is 0 Å². The molecular formula is C13H9F3. The molecule has 0 spiro atoms. The maximum absolute atomic E-state index is 12.5. The number of benzene rings is 1. The molecular weight excluding hydrogens is 213 g/mol. The molecule has 82 valence electrons. The van der Waals surface area contributed by atoms with Crippen molar-refractivity contribution in [3.8, 4) is 0 Å². The molecule has 0 atom stereocenters. The van der Waals surface area contributed by atoms with Crippen molar-refractivity contribution in [2.75, 3.05) is 0 Å². The quantitative estimate of drug-likeness (QED) is 0.667. The van der Waals surface area contributed by atoms with Crippen LogP contribution in [0.5, 0.6) is 0 Å². The van der Waals surface area contributed by atoms with Crippen LogP contribution < -0.4 is 0 Å². The summed E-state index contributed by atoms with van der Waals surface area (Å²) in [4.78, 5) is 0. The van der Waals surface area contributed by atoms with Crippen molar-refractivity contribution in [3.63, 3.8) is 0 Å². The summed E-state index contributed by atoms with van der Waals surface area (Å²) in [7, 11) is 0. The fourth-order valence-corrected chi connectivity index (χ4v) is 1.60. The van der Waals surface area contributed by atoms with E-state index in [-0.39, 0.29) is 0 Å². The van der Waals surface area contributed by atoms with Crippen LogP contribution in [0, 0.1) is 0 Å². The van der Waals surface area contributed by atoms with Crippen LogP contribution in [0.15, 0.2) is 54.6 Å². The maximum atomic E-state index is 12.5. The number of hydrogen-bond donors (Lipinski definition) is 0. The maximum Gasteiger partial charge on any atom is 0.416 e. The standard InChI is InChI=1S/C13H9F3/c1-9-4-2-7-12(9)10-5-3-6-11(8-10)13(14,15)16/h2-8H,1H2. The molecule has 0 nitrogen and oxygen atoms in total. The molecule has 3 heteroatoms. The molecule has 0 amide bonds. The molecule has 0 saturated carbocycles. The minimum atomic E-state index is -4.30. The van der Waals surface area contributed by atoms with Crippen LogP contribution in [0.2, 0.25) is 0 Å². The van der Waals surface area contributed by atoms with Crippen LogP contribution >= 0.6 is 0 Å². The molecule has 1 aromatic rings. The molecule has 0 unspecified atom stereocenters.